The Bertz CT molecular complexity index is 1530. The van der Waals surface area contributed by atoms with Crippen LogP contribution in [0.4, 0.5) is 0 Å². The molecule has 1 atom stereocenters. The Balaban J connectivity index is 4.16. The summed E-state index contributed by atoms with van der Waals surface area (Å²) in [6.45, 7) is 6.42. The number of unbranched alkanes of at least 4 members (excludes halogenated alkanes) is 34. The molecule has 0 spiro atoms. The summed E-state index contributed by atoms with van der Waals surface area (Å²) >= 11 is 0. The van der Waals surface area contributed by atoms with Crippen LogP contribution in [0.1, 0.15) is 323 Å². The molecular formula is C72H124O6. The van der Waals surface area contributed by atoms with Crippen LogP contribution in [0.25, 0.3) is 0 Å². The largest absolute Gasteiger partial charge is 0.462 e. The number of allylic oxidation sites excluding steroid dienone is 15. The molecule has 0 aromatic carbocycles. The fourth-order valence-corrected chi connectivity index (χ4v) is 9.37. The molecule has 0 bridgehead atoms. The first-order valence-corrected chi connectivity index (χ1v) is 33.2. The second-order valence-electron chi connectivity index (χ2n) is 22.0. The van der Waals surface area contributed by atoms with Crippen molar-refractivity contribution in [3.8, 4) is 0 Å². The molecule has 0 rings (SSSR count). The fraction of sp³-hybridized carbons (Fsp3) is 0.736. The first-order valence-electron chi connectivity index (χ1n) is 33.2. The monoisotopic (exact) mass is 1080 g/mol. The van der Waals surface area contributed by atoms with Crippen LogP contribution < -0.4 is 0 Å². The van der Waals surface area contributed by atoms with Crippen molar-refractivity contribution in [3.05, 3.63) is 97.2 Å². The molecule has 0 saturated heterocycles. The minimum absolute atomic E-state index is 0.0956. The third kappa shape index (κ3) is 63.2. The maximum absolute atomic E-state index is 12.8. The van der Waals surface area contributed by atoms with Gasteiger partial charge in [0.05, 0.1) is 6.42 Å². The molecule has 6 heteroatoms. The number of esters is 3. The number of carbonyl (C=O) groups is 3. The molecule has 0 radical (unpaired) electrons. The van der Waals surface area contributed by atoms with E-state index in [-0.39, 0.29) is 31.6 Å². The minimum atomic E-state index is -0.834. The van der Waals surface area contributed by atoms with Crippen molar-refractivity contribution in [2.45, 2.75) is 329 Å². The van der Waals surface area contributed by atoms with Crippen molar-refractivity contribution in [1.29, 1.82) is 0 Å². The van der Waals surface area contributed by atoms with Gasteiger partial charge in [0, 0.05) is 12.8 Å². The molecule has 0 amide bonds. The molecule has 448 valence electrons. The molecule has 0 aliphatic rings. The maximum atomic E-state index is 12.8. The van der Waals surface area contributed by atoms with Gasteiger partial charge in [0.15, 0.2) is 6.10 Å². The Hall–Kier alpha value is -3.67. The number of hydrogen-bond acceptors (Lipinski definition) is 6. The molecule has 0 aromatic rings. The summed E-state index contributed by atoms with van der Waals surface area (Å²) in [5.41, 5.74) is 0. The summed E-state index contributed by atoms with van der Waals surface area (Å²) in [6, 6.07) is 0. The molecule has 0 saturated carbocycles. The highest BCUT2D eigenvalue weighted by atomic mass is 16.6. The van der Waals surface area contributed by atoms with E-state index in [0.29, 0.717) is 12.8 Å². The predicted molar refractivity (Wildman–Crippen MR) is 339 cm³/mol. The van der Waals surface area contributed by atoms with Gasteiger partial charge in [-0.05, 0) is 103 Å². The average Bonchev–Trinajstić information content (AvgIpc) is 3.44. The quantitative estimate of drug-likeness (QED) is 0.0261. The van der Waals surface area contributed by atoms with Crippen molar-refractivity contribution in [3.63, 3.8) is 0 Å². The van der Waals surface area contributed by atoms with Crippen LogP contribution in [0.2, 0.25) is 0 Å². The zero-order valence-electron chi connectivity index (χ0n) is 51.4. The van der Waals surface area contributed by atoms with Gasteiger partial charge in [0.25, 0.3) is 0 Å². The Morgan fingerprint density at radius 1 is 0.282 bits per heavy atom. The molecule has 0 aromatic heterocycles. The first-order chi connectivity index (χ1) is 38.5. The highest BCUT2D eigenvalue weighted by Crippen LogP contribution is 2.17. The van der Waals surface area contributed by atoms with E-state index in [1.807, 2.05) is 6.08 Å². The van der Waals surface area contributed by atoms with Gasteiger partial charge in [-0.3, -0.25) is 14.4 Å². The molecule has 6 nitrogen and oxygen atoms in total. The second-order valence-corrected chi connectivity index (χ2v) is 22.0. The van der Waals surface area contributed by atoms with Gasteiger partial charge in [-0.2, -0.15) is 0 Å². The van der Waals surface area contributed by atoms with E-state index >= 15 is 0 Å². The molecular weight excluding hydrogens is 961 g/mol. The van der Waals surface area contributed by atoms with Crippen molar-refractivity contribution in [1.82, 2.24) is 0 Å². The number of carbonyl (C=O) groups excluding carboxylic acids is 3. The summed E-state index contributed by atoms with van der Waals surface area (Å²) in [5, 5.41) is 0. The minimum Gasteiger partial charge on any atom is -0.462 e. The Morgan fingerprint density at radius 3 is 0.885 bits per heavy atom. The third-order valence-corrected chi connectivity index (χ3v) is 14.3. The van der Waals surface area contributed by atoms with E-state index in [1.54, 1.807) is 6.08 Å². The lowest BCUT2D eigenvalue weighted by Crippen LogP contribution is -2.30. The van der Waals surface area contributed by atoms with E-state index in [9.17, 15) is 14.4 Å². The predicted octanol–water partition coefficient (Wildman–Crippen LogP) is 22.8. The highest BCUT2D eigenvalue weighted by Gasteiger charge is 2.19. The van der Waals surface area contributed by atoms with Crippen LogP contribution in [0.5, 0.6) is 0 Å². The SMILES string of the molecule is CC/C=C\C/C=C\C/C=C\C/C=C\C/C=C\CC(=O)OC(COC(=O)CCCCCCC/C=C\CCCCC)COC(=O)CCCCCCCCCCCCCCCCCCCCCCC/C=C\C/C=C\CCCCCCC. The van der Waals surface area contributed by atoms with E-state index in [1.165, 1.54) is 193 Å². The second kappa shape index (κ2) is 65.8. The maximum Gasteiger partial charge on any atom is 0.310 e. The van der Waals surface area contributed by atoms with Crippen LogP contribution in [-0.4, -0.2) is 37.2 Å². The molecule has 0 heterocycles. The molecule has 0 N–H and O–H groups in total. The standard InChI is InChI=1S/C72H124O6/c1-4-7-10-13-16-19-22-25-27-28-29-30-31-32-33-34-35-36-37-38-39-40-41-42-43-44-46-47-50-53-56-59-62-65-71(74)77-68-69(67-76-70(73)64-61-58-55-52-49-24-21-18-15-12-9-6-3)78-72(75)66-63-60-57-54-51-48-45-26-23-20-17-14-11-8-5-2/h8,11,17-18,20-22,25-26,28-29,45,51,54,60,63,69H,4-7,9-10,12-16,19,23-24,27,30-44,46-50,52-53,55-59,61-62,64-68H2,1-3H3/b11-8-,20-17-,21-18-,25-22-,29-28-,45-26-,54-51-,63-60-. The summed E-state index contributed by atoms with van der Waals surface area (Å²) in [4.78, 5) is 38.1. The highest BCUT2D eigenvalue weighted by molar-refractivity contribution is 5.72. The van der Waals surface area contributed by atoms with Crippen LogP contribution in [0.3, 0.4) is 0 Å². The van der Waals surface area contributed by atoms with Crippen molar-refractivity contribution >= 4 is 17.9 Å². The van der Waals surface area contributed by atoms with E-state index in [2.05, 4.69) is 106 Å². The zero-order valence-corrected chi connectivity index (χ0v) is 51.4. The summed E-state index contributed by atoms with van der Waals surface area (Å²) in [6.07, 6.45) is 89.0. The summed E-state index contributed by atoms with van der Waals surface area (Å²) < 4.78 is 16.8. The Labute approximate surface area is 483 Å². The lowest BCUT2D eigenvalue weighted by atomic mass is 10.0. The van der Waals surface area contributed by atoms with Crippen molar-refractivity contribution in [2.75, 3.05) is 13.2 Å². The lowest BCUT2D eigenvalue weighted by molar-refractivity contribution is -0.166. The Morgan fingerprint density at radius 2 is 0.538 bits per heavy atom. The normalized spacial score (nSPS) is 12.7. The Kier molecular flexibility index (Phi) is 62.7. The van der Waals surface area contributed by atoms with Crippen molar-refractivity contribution < 1.29 is 28.6 Å². The van der Waals surface area contributed by atoms with Crippen LogP contribution in [0, 0.1) is 0 Å². The van der Waals surface area contributed by atoms with Gasteiger partial charge >= 0.3 is 17.9 Å². The summed E-state index contributed by atoms with van der Waals surface area (Å²) in [7, 11) is 0. The van der Waals surface area contributed by atoms with Crippen molar-refractivity contribution in [2.24, 2.45) is 0 Å². The molecule has 0 aliphatic heterocycles. The van der Waals surface area contributed by atoms with Gasteiger partial charge in [0.2, 0.25) is 0 Å². The average molecular weight is 1090 g/mol. The number of hydrogen-bond donors (Lipinski definition) is 0. The van der Waals surface area contributed by atoms with E-state index in [0.717, 1.165) is 89.9 Å². The van der Waals surface area contributed by atoms with Gasteiger partial charge < -0.3 is 14.2 Å². The van der Waals surface area contributed by atoms with Crippen LogP contribution in [0.15, 0.2) is 97.2 Å². The third-order valence-electron chi connectivity index (χ3n) is 14.3. The van der Waals surface area contributed by atoms with Gasteiger partial charge in [0.1, 0.15) is 13.2 Å². The molecule has 0 fully saturated rings. The summed E-state index contributed by atoms with van der Waals surface area (Å²) in [5.74, 6) is -1.05. The van der Waals surface area contributed by atoms with Gasteiger partial charge in [-0.25, -0.2) is 0 Å². The first kappa shape index (κ1) is 74.3. The molecule has 1 unspecified atom stereocenters. The molecule has 0 aliphatic carbocycles. The zero-order chi connectivity index (χ0) is 56.4. The number of ether oxygens (including phenoxy) is 3. The van der Waals surface area contributed by atoms with Gasteiger partial charge in [-0.1, -0.05) is 298 Å². The van der Waals surface area contributed by atoms with E-state index < -0.39 is 12.1 Å². The van der Waals surface area contributed by atoms with Crippen LogP contribution in [-0.2, 0) is 28.6 Å². The fourth-order valence-electron chi connectivity index (χ4n) is 9.37. The van der Waals surface area contributed by atoms with Gasteiger partial charge in [-0.15, -0.1) is 0 Å². The molecule has 78 heavy (non-hydrogen) atoms. The smallest absolute Gasteiger partial charge is 0.310 e. The lowest BCUT2D eigenvalue weighted by Gasteiger charge is -2.18. The topological polar surface area (TPSA) is 78.9 Å². The van der Waals surface area contributed by atoms with E-state index in [4.69, 9.17) is 14.2 Å². The van der Waals surface area contributed by atoms with Crippen LogP contribution >= 0.6 is 0 Å². The number of rotatable bonds is 60.